The summed E-state index contributed by atoms with van der Waals surface area (Å²) in [5.41, 5.74) is 3.63. The number of carbonyl (C=O) groups excluding carboxylic acids is 4. The van der Waals surface area contributed by atoms with E-state index in [0.717, 1.165) is 25.3 Å². The first-order chi connectivity index (χ1) is 27.9. The predicted octanol–water partition coefficient (Wildman–Crippen LogP) is 2.43. The van der Waals surface area contributed by atoms with Crippen molar-refractivity contribution < 1.29 is 37.9 Å². The lowest BCUT2D eigenvalue weighted by Gasteiger charge is -2.47. The summed E-state index contributed by atoms with van der Waals surface area (Å²) in [6, 6.07) is 9.53. The minimum atomic E-state index is -1.05. The highest BCUT2D eigenvalue weighted by Crippen LogP contribution is 2.32. The number of ether oxygens (including phenoxy) is 1. The van der Waals surface area contributed by atoms with Gasteiger partial charge in [0.15, 0.2) is 5.82 Å². The number of imidazole rings is 1. The first-order valence-corrected chi connectivity index (χ1v) is 20.0. The molecule has 7 rings (SSSR count). The Morgan fingerprint density at radius 1 is 1.02 bits per heavy atom. The van der Waals surface area contributed by atoms with Gasteiger partial charge in [0.05, 0.1) is 67.4 Å². The molecule has 0 spiro atoms. The Morgan fingerprint density at radius 3 is 2.38 bits per heavy atom. The first kappa shape index (κ1) is 41.0. The number of aliphatic carboxylic acids is 1. The van der Waals surface area contributed by atoms with Crippen LogP contribution >= 0.6 is 11.6 Å². The summed E-state index contributed by atoms with van der Waals surface area (Å²) >= 11 is 6.60. The van der Waals surface area contributed by atoms with Crippen LogP contribution in [0.25, 0.3) is 22.4 Å². The average molecular weight is 818 g/mol. The Labute approximate surface area is 341 Å². The normalized spacial score (nSPS) is 19.8. The number of amides is 3. The number of anilines is 1. The summed E-state index contributed by atoms with van der Waals surface area (Å²) in [6.07, 6.45) is 4.40. The van der Waals surface area contributed by atoms with Crippen LogP contribution in [0, 0.1) is 24.6 Å². The molecule has 0 saturated carbocycles. The number of benzene rings is 2. The topological polar surface area (TPSA) is 167 Å². The van der Waals surface area contributed by atoms with Crippen LogP contribution in [0.3, 0.4) is 0 Å². The van der Waals surface area contributed by atoms with Gasteiger partial charge < -0.3 is 44.1 Å². The maximum absolute atomic E-state index is 15.5. The second kappa shape index (κ2) is 17.4. The highest BCUT2D eigenvalue weighted by atomic mass is 35.5. The van der Waals surface area contributed by atoms with Crippen LogP contribution in [0.15, 0.2) is 48.8 Å². The van der Waals surface area contributed by atoms with Crippen molar-refractivity contribution in [3.63, 3.8) is 0 Å². The van der Waals surface area contributed by atoms with Gasteiger partial charge in [0.1, 0.15) is 12.4 Å². The molecule has 3 aliphatic rings. The Hall–Kier alpha value is -5.16. The minimum Gasteiger partial charge on any atom is -0.544 e. The van der Waals surface area contributed by atoms with Crippen molar-refractivity contribution in [2.45, 2.75) is 26.3 Å². The molecule has 3 aliphatic heterocycles. The van der Waals surface area contributed by atoms with Crippen molar-refractivity contribution in [1.29, 1.82) is 0 Å². The van der Waals surface area contributed by atoms with E-state index in [0.29, 0.717) is 104 Å². The quantitative estimate of drug-likeness (QED) is 0.193. The van der Waals surface area contributed by atoms with Gasteiger partial charge >= 0.3 is 0 Å². The molecular formula is C41H49ClFN9O6. The van der Waals surface area contributed by atoms with Gasteiger partial charge in [-0.1, -0.05) is 23.7 Å². The van der Waals surface area contributed by atoms with Gasteiger partial charge in [-0.2, -0.15) is 5.10 Å². The summed E-state index contributed by atoms with van der Waals surface area (Å²) in [4.78, 5) is 59.7. The van der Waals surface area contributed by atoms with E-state index < -0.39 is 17.7 Å². The highest BCUT2D eigenvalue weighted by molar-refractivity contribution is 6.34. The molecule has 0 radical (unpaired) electrons. The standard InChI is InChI=1S/C41H49ClFN9O6/c1-26-33(22-46-51(26)14-17-58-3)31-6-4-29(18-35(31)43)36-23-45-38(48(36)2)39(55)47-30-5-7-32(34(42)19-30)41(57)50-12-10-49(11-13-50)40(56)28-8-15-52(16-9-28,25-37(53)54)24-27-20-44-21-27/h4-7,18-19,22-23,27-28,44H,8-17,20-21,24-25H2,1-3H3,(H-,47,53,54,55,57). The van der Waals surface area contributed by atoms with Gasteiger partial charge in [-0.05, 0) is 31.2 Å². The van der Waals surface area contributed by atoms with E-state index in [1.807, 2.05) is 6.92 Å². The molecule has 3 amide bonds. The molecule has 2 aromatic carbocycles. The van der Waals surface area contributed by atoms with E-state index in [-0.39, 0.29) is 40.7 Å². The number of hydrogen-bond donors (Lipinski definition) is 2. The fourth-order valence-corrected chi connectivity index (χ4v) is 8.74. The number of rotatable bonds is 13. The van der Waals surface area contributed by atoms with E-state index in [9.17, 15) is 24.3 Å². The van der Waals surface area contributed by atoms with Crippen molar-refractivity contribution in [2.75, 3.05) is 84.5 Å². The average Bonchev–Trinajstić information content (AvgIpc) is 3.76. The number of piperazine rings is 1. The summed E-state index contributed by atoms with van der Waals surface area (Å²) in [5.74, 6) is -1.85. The SMILES string of the molecule is COCCn1ncc(-c2ccc(-c3cnc(C(=O)Nc4ccc(C(=O)N5CCN(C(=O)C6CC[N+](CC(=O)[O-])(CC7CNC7)CC6)CC5)c(Cl)c4)n3C)cc2F)c1C. The van der Waals surface area contributed by atoms with Crippen LogP contribution in [0.5, 0.6) is 0 Å². The van der Waals surface area contributed by atoms with Crippen molar-refractivity contribution >= 4 is 41.0 Å². The minimum absolute atomic E-state index is 0.0236. The number of carboxylic acids is 1. The molecule has 58 heavy (non-hydrogen) atoms. The molecule has 0 atom stereocenters. The lowest BCUT2D eigenvalue weighted by molar-refractivity contribution is -0.931. The summed E-state index contributed by atoms with van der Waals surface area (Å²) in [7, 11) is 3.28. The Kier molecular flexibility index (Phi) is 12.3. The molecule has 0 aliphatic carbocycles. The smallest absolute Gasteiger partial charge is 0.291 e. The van der Waals surface area contributed by atoms with Gasteiger partial charge in [0.2, 0.25) is 5.91 Å². The number of piperidine rings is 1. The second-order valence-corrected chi connectivity index (χ2v) is 16.1. The van der Waals surface area contributed by atoms with Crippen LogP contribution in [0.1, 0.15) is 39.5 Å². The van der Waals surface area contributed by atoms with Crippen molar-refractivity contribution in [2.24, 2.45) is 18.9 Å². The first-order valence-electron chi connectivity index (χ1n) is 19.6. The number of hydrogen-bond acceptors (Lipinski definition) is 9. The summed E-state index contributed by atoms with van der Waals surface area (Å²) in [6.45, 7) is 8.22. The Bertz CT molecular complexity index is 2190. The molecule has 17 heteroatoms. The van der Waals surface area contributed by atoms with E-state index in [1.165, 1.54) is 18.3 Å². The van der Waals surface area contributed by atoms with Gasteiger partial charge in [0, 0.05) is 106 Å². The molecule has 2 N–H and O–H groups in total. The lowest BCUT2D eigenvalue weighted by Crippen LogP contribution is -2.63. The fourth-order valence-electron chi connectivity index (χ4n) is 8.47. The van der Waals surface area contributed by atoms with E-state index in [4.69, 9.17) is 16.3 Å². The van der Waals surface area contributed by atoms with Crippen LogP contribution < -0.4 is 15.7 Å². The third kappa shape index (κ3) is 8.65. The zero-order valence-corrected chi connectivity index (χ0v) is 33.8. The molecule has 3 fully saturated rings. The number of carbonyl (C=O) groups is 4. The van der Waals surface area contributed by atoms with Crippen LogP contribution in [-0.4, -0.2) is 136 Å². The lowest BCUT2D eigenvalue weighted by atomic mass is 9.90. The maximum Gasteiger partial charge on any atom is 0.291 e. The second-order valence-electron chi connectivity index (χ2n) is 15.6. The number of methoxy groups -OCH3 is 1. The number of nitrogens with one attached hydrogen (secondary N) is 2. The third-order valence-electron chi connectivity index (χ3n) is 11.9. The zero-order chi connectivity index (χ0) is 41.1. The number of carboxylic acid groups (broad SMARTS) is 1. The monoisotopic (exact) mass is 817 g/mol. The molecule has 308 valence electrons. The van der Waals surface area contributed by atoms with Crippen LogP contribution in [0.2, 0.25) is 5.02 Å². The molecule has 5 heterocycles. The van der Waals surface area contributed by atoms with Crippen molar-refractivity contribution in [1.82, 2.24) is 34.4 Å². The molecule has 3 saturated heterocycles. The van der Waals surface area contributed by atoms with Crippen molar-refractivity contribution in [3.05, 3.63) is 76.7 Å². The largest absolute Gasteiger partial charge is 0.544 e. The fraction of sp³-hybridized carbons (Fsp3) is 0.463. The van der Waals surface area contributed by atoms with E-state index >= 15 is 4.39 Å². The molecule has 0 unspecified atom stereocenters. The number of aromatic nitrogens is 4. The number of likely N-dealkylation sites (tertiary alicyclic amines) is 1. The number of quaternary nitrogens is 1. The van der Waals surface area contributed by atoms with Crippen LogP contribution in [-0.2, 0) is 27.9 Å². The number of halogens is 2. The number of nitrogens with zero attached hydrogens (tertiary/aromatic N) is 7. The van der Waals surface area contributed by atoms with Crippen molar-refractivity contribution in [3.8, 4) is 22.4 Å². The predicted molar refractivity (Wildman–Crippen MR) is 212 cm³/mol. The van der Waals surface area contributed by atoms with Gasteiger partial charge in [-0.3, -0.25) is 19.1 Å². The molecular weight excluding hydrogens is 769 g/mol. The third-order valence-corrected chi connectivity index (χ3v) is 12.2. The molecule has 2 aromatic heterocycles. The molecule has 15 nitrogen and oxygen atoms in total. The molecule has 0 bridgehead atoms. The maximum atomic E-state index is 15.5. The zero-order valence-electron chi connectivity index (χ0n) is 33.0. The summed E-state index contributed by atoms with van der Waals surface area (Å²) < 4.78 is 24.4. The van der Waals surface area contributed by atoms with Gasteiger partial charge in [-0.15, -0.1) is 0 Å². The van der Waals surface area contributed by atoms with E-state index in [1.54, 1.807) is 63.7 Å². The Morgan fingerprint density at radius 2 is 1.74 bits per heavy atom. The molecule has 4 aromatic rings. The summed E-state index contributed by atoms with van der Waals surface area (Å²) in [5, 5.41) is 22.1. The van der Waals surface area contributed by atoms with Gasteiger partial charge in [-0.25, -0.2) is 9.37 Å². The van der Waals surface area contributed by atoms with Gasteiger partial charge in [0.25, 0.3) is 11.8 Å². The Balaban J connectivity index is 0.925. The van der Waals surface area contributed by atoms with E-state index in [2.05, 4.69) is 20.7 Å². The van der Waals surface area contributed by atoms with Crippen LogP contribution in [0.4, 0.5) is 10.1 Å². The highest BCUT2D eigenvalue weighted by Gasteiger charge is 2.41.